The van der Waals surface area contributed by atoms with Crippen LogP contribution in [0.25, 0.3) is 22.5 Å². The third kappa shape index (κ3) is 5.49. The Morgan fingerprint density at radius 2 is 1.86 bits per heavy atom. The number of rotatable bonds is 9. The molecule has 0 aliphatic carbocycles. The van der Waals surface area contributed by atoms with Crippen molar-refractivity contribution in [3.63, 3.8) is 0 Å². The predicted octanol–water partition coefficient (Wildman–Crippen LogP) is 4.67. The number of aromatic amines is 1. The van der Waals surface area contributed by atoms with Crippen LogP contribution in [0.5, 0.6) is 0 Å². The van der Waals surface area contributed by atoms with E-state index in [4.69, 9.17) is 14.2 Å². The van der Waals surface area contributed by atoms with E-state index in [9.17, 15) is 9.59 Å². The zero-order valence-electron chi connectivity index (χ0n) is 21.3. The number of ether oxygens (including phenoxy) is 1. The minimum absolute atomic E-state index is 0.0403. The molecule has 1 fully saturated rings. The third-order valence-corrected chi connectivity index (χ3v) is 6.98. The van der Waals surface area contributed by atoms with Crippen molar-refractivity contribution >= 4 is 0 Å². The molecule has 1 N–H and O–H groups in total. The fourth-order valence-electron chi connectivity index (χ4n) is 4.99. The molecule has 8 heteroatoms. The van der Waals surface area contributed by atoms with Gasteiger partial charge < -0.3 is 4.74 Å². The second-order valence-corrected chi connectivity index (χ2v) is 9.60. The minimum Gasteiger partial charge on any atom is -0.376 e. The van der Waals surface area contributed by atoms with Gasteiger partial charge in [-0.15, -0.1) is 0 Å². The molecule has 3 heterocycles. The van der Waals surface area contributed by atoms with Gasteiger partial charge in [0.1, 0.15) is 5.82 Å². The summed E-state index contributed by atoms with van der Waals surface area (Å²) < 4.78 is 12.3. The molecule has 1 atom stereocenters. The van der Waals surface area contributed by atoms with E-state index in [0.717, 1.165) is 78.0 Å². The predicted molar refractivity (Wildman–Crippen MR) is 142 cm³/mol. The first kappa shape index (κ1) is 24.9. The fraction of sp³-hybridized carbons (Fsp3) is 0.379. The van der Waals surface area contributed by atoms with Gasteiger partial charge in [0.05, 0.1) is 18.3 Å². The number of aromatic nitrogens is 4. The Kier molecular flexibility index (Phi) is 7.46. The summed E-state index contributed by atoms with van der Waals surface area (Å²) in [4.78, 5) is 32.7. The van der Waals surface area contributed by atoms with E-state index in [1.54, 1.807) is 4.57 Å². The van der Waals surface area contributed by atoms with Gasteiger partial charge in [-0.25, -0.2) is 9.78 Å². The highest BCUT2D eigenvalue weighted by Crippen LogP contribution is 2.30. The van der Waals surface area contributed by atoms with Crippen molar-refractivity contribution in [1.29, 1.82) is 0 Å². The van der Waals surface area contributed by atoms with Crippen molar-refractivity contribution in [1.82, 2.24) is 19.7 Å². The molecule has 1 saturated heterocycles. The van der Waals surface area contributed by atoms with Crippen molar-refractivity contribution in [2.75, 3.05) is 6.61 Å². The zero-order valence-corrected chi connectivity index (χ0v) is 21.3. The van der Waals surface area contributed by atoms with Gasteiger partial charge in [0.15, 0.2) is 5.82 Å². The van der Waals surface area contributed by atoms with Crippen LogP contribution in [-0.4, -0.2) is 32.4 Å². The fourth-order valence-corrected chi connectivity index (χ4v) is 4.99. The number of aryl methyl sites for hydroxylation is 2. The number of hydrogen-bond acceptors (Lipinski definition) is 6. The topological polar surface area (TPSA) is 103 Å². The molecule has 5 rings (SSSR count). The number of hydrogen-bond donors (Lipinski definition) is 1. The molecule has 0 radical (unpaired) electrons. The van der Waals surface area contributed by atoms with Crippen LogP contribution in [-0.2, 0) is 24.1 Å². The lowest BCUT2D eigenvalue weighted by molar-refractivity contribution is 0.0952. The molecule has 1 unspecified atom stereocenters. The Bertz CT molecular complexity index is 1480. The lowest BCUT2D eigenvalue weighted by atomic mass is 9.96. The summed E-state index contributed by atoms with van der Waals surface area (Å²) in [6.07, 6.45) is 5.45. The first-order valence-corrected chi connectivity index (χ1v) is 13.0. The van der Waals surface area contributed by atoms with E-state index in [2.05, 4.69) is 17.1 Å². The lowest BCUT2D eigenvalue weighted by Gasteiger charge is -2.18. The average Bonchev–Trinajstić information content (AvgIpc) is 3.59. The normalized spacial score (nSPS) is 15.4. The van der Waals surface area contributed by atoms with Gasteiger partial charge in [-0.1, -0.05) is 67.0 Å². The third-order valence-electron chi connectivity index (χ3n) is 6.98. The molecule has 0 saturated carbocycles. The first-order valence-electron chi connectivity index (χ1n) is 13.0. The highest BCUT2D eigenvalue weighted by atomic mass is 16.5. The van der Waals surface area contributed by atoms with Crippen LogP contribution in [0.4, 0.5) is 0 Å². The lowest BCUT2D eigenvalue weighted by Crippen LogP contribution is -2.33. The van der Waals surface area contributed by atoms with Gasteiger partial charge in [-0.2, -0.15) is 0 Å². The van der Waals surface area contributed by atoms with E-state index < -0.39 is 5.76 Å². The molecule has 1 aliphatic rings. The zero-order chi connectivity index (χ0) is 25.8. The molecule has 8 nitrogen and oxygen atoms in total. The molecule has 0 spiro atoms. The Hall–Kier alpha value is -3.78. The molecular weight excluding hydrogens is 468 g/mol. The number of nitrogens with zero attached hydrogens (tertiary/aromatic N) is 3. The van der Waals surface area contributed by atoms with Crippen LogP contribution in [0, 0.1) is 6.92 Å². The van der Waals surface area contributed by atoms with E-state index >= 15 is 0 Å². The highest BCUT2D eigenvalue weighted by Gasteiger charge is 2.21. The van der Waals surface area contributed by atoms with Crippen LogP contribution in [0.3, 0.4) is 0 Å². The summed E-state index contributed by atoms with van der Waals surface area (Å²) in [5, 5.41) is 3.85. The van der Waals surface area contributed by atoms with Gasteiger partial charge in [0.25, 0.3) is 5.56 Å². The molecular formula is C29H32N4O4. The summed E-state index contributed by atoms with van der Waals surface area (Å²) in [5.74, 6) is 0.562. The van der Waals surface area contributed by atoms with Crippen LogP contribution in [0.2, 0.25) is 0 Å². The van der Waals surface area contributed by atoms with Crippen molar-refractivity contribution in [2.45, 2.75) is 65.0 Å². The van der Waals surface area contributed by atoms with Crippen molar-refractivity contribution in [3.8, 4) is 22.5 Å². The number of nitrogens with one attached hydrogen (secondary N) is 1. The van der Waals surface area contributed by atoms with Gasteiger partial charge in [0, 0.05) is 24.2 Å². The van der Waals surface area contributed by atoms with E-state index in [0.29, 0.717) is 18.8 Å². The minimum atomic E-state index is -0.587. The first-order chi connectivity index (χ1) is 18.0. The molecule has 1 aliphatic heterocycles. The monoisotopic (exact) mass is 500 g/mol. The van der Waals surface area contributed by atoms with Gasteiger partial charge in [-0.05, 0) is 49.3 Å². The SMILES string of the molecule is CCCCc1nc(C)n(CC2CCCO2)c(=O)c1Cc1ccc(-c2ccccc2-c2noc(=O)[nH]2)cc1. The van der Waals surface area contributed by atoms with E-state index in [1.165, 1.54) is 0 Å². The molecule has 2 aromatic carbocycles. The van der Waals surface area contributed by atoms with Crippen molar-refractivity contribution < 1.29 is 9.26 Å². The van der Waals surface area contributed by atoms with Crippen molar-refractivity contribution in [3.05, 3.63) is 92.1 Å². The summed E-state index contributed by atoms with van der Waals surface area (Å²) in [7, 11) is 0. The van der Waals surface area contributed by atoms with E-state index in [1.807, 2.05) is 55.5 Å². The Morgan fingerprint density at radius 3 is 2.54 bits per heavy atom. The number of benzene rings is 2. The highest BCUT2D eigenvalue weighted by molar-refractivity contribution is 5.80. The van der Waals surface area contributed by atoms with Gasteiger partial charge >= 0.3 is 5.76 Å². The number of H-pyrrole nitrogens is 1. The smallest absolute Gasteiger partial charge is 0.376 e. The van der Waals surface area contributed by atoms with Crippen LogP contribution in [0.15, 0.2) is 62.6 Å². The molecule has 2 aromatic heterocycles. The standard InChI is InChI=1S/C29H32N4O4/c1-3-4-11-26-25(28(34)33(19(2)30-26)18-22-8-7-16-36-22)17-20-12-14-21(15-13-20)23-9-5-6-10-24(23)27-31-29(35)37-32-27/h5-6,9-10,12-15,22H,3-4,7-8,11,16-18H2,1-2H3,(H,31,32,35). The maximum Gasteiger partial charge on any atom is 0.439 e. The summed E-state index contributed by atoms with van der Waals surface area (Å²) in [6, 6.07) is 15.9. The maximum atomic E-state index is 13.7. The molecule has 37 heavy (non-hydrogen) atoms. The summed E-state index contributed by atoms with van der Waals surface area (Å²) in [5.41, 5.74) is 5.44. The van der Waals surface area contributed by atoms with Crippen LogP contribution >= 0.6 is 0 Å². The van der Waals surface area contributed by atoms with Crippen molar-refractivity contribution in [2.24, 2.45) is 0 Å². The molecule has 192 valence electrons. The second kappa shape index (κ2) is 11.1. The molecule has 0 bridgehead atoms. The average molecular weight is 501 g/mol. The summed E-state index contributed by atoms with van der Waals surface area (Å²) >= 11 is 0. The van der Waals surface area contributed by atoms with Crippen LogP contribution < -0.4 is 11.3 Å². The number of unbranched alkanes of at least 4 members (excludes halogenated alkanes) is 1. The Morgan fingerprint density at radius 1 is 1.08 bits per heavy atom. The summed E-state index contributed by atoms with van der Waals surface area (Å²) in [6.45, 7) is 5.38. The quantitative estimate of drug-likeness (QED) is 0.358. The largest absolute Gasteiger partial charge is 0.439 e. The maximum absolute atomic E-state index is 13.7. The molecule has 4 aromatic rings. The van der Waals surface area contributed by atoms with Gasteiger partial charge in [-0.3, -0.25) is 18.9 Å². The second-order valence-electron chi connectivity index (χ2n) is 9.60. The molecule has 0 amide bonds. The van der Waals surface area contributed by atoms with Crippen LogP contribution in [0.1, 0.15) is 55.3 Å². The van der Waals surface area contributed by atoms with E-state index in [-0.39, 0.29) is 11.7 Å². The van der Waals surface area contributed by atoms with Gasteiger partial charge in [0.2, 0.25) is 0 Å². The Labute approximate surface area is 215 Å². The Balaban J connectivity index is 1.45.